The molecule has 0 aliphatic rings. The van der Waals surface area contributed by atoms with Gasteiger partial charge in [0.25, 0.3) is 5.56 Å². The van der Waals surface area contributed by atoms with Gasteiger partial charge in [0.15, 0.2) is 0 Å². The first-order chi connectivity index (χ1) is 16.0. The van der Waals surface area contributed by atoms with Gasteiger partial charge in [-0.3, -0.25) is 14.2 Å². The molecule has 1 amide bonds. The predicted octanol–water partition coefficient (Wildman–Crippen LogP) is 3.48. The van der Waals surface area contributed by atoms with E-state index in [9.17, 15) is 14.4 Å². The van der Waals surface area contributed by atoms with Gasteiger partial charge in [0.05, 0.1) is 18.3 Å². The Labute approximate surface area is 194 Å². The van der Waals surface area contributed by atoms with E-state index in [1.807, 2.05) is 60.7 Å². The maximum Gasteiger partial charge on any atom is 0.348 e. The summed E-state index contributed by atoms with van der Waals surface area (Å²) in [5.41, 5.74) is 2.22. The van der Waals surface area contributed by atoms with Crippen molar-refractivity contribution < 1.29 is 14.3 Å². The highest BCUT2D eigenvalue weighted by Crippen LogP contribution is 2.27. The number of rotatable bonds is 8. The average molecular weight is 462 g/mol. The van der Waals surface area contributed by atoms with Crippen molar-refractivity contribution in [2.75, 3.05) is 6.61 Å². The van der Waals surface area contributed by atoms with Gasteiger partial charge < -0.3 is 10.1 Å². The summed E-state index contributed by atoms with van der Waals surface area (Å²) >= 11 is 1.13. The van der Waals surface area contributed by atoms with Crippen molar-refractivity contribution in [1.82, 2.24) is 14.9 Å². The van der Waals surface area contributed by atoms with Gasteiger partial charge in [-0.05, 0) is 23.6 Å². The zero-order valence-electron chi connectivity index (χ0n) is 18.1. The third kappa shape index (κ3) is 5.35. The minimum Gasteiger partial charge on any atom is -0.461 e. The van der Waals surface area contributed by atoms with Crippen LogP contribution in [0.4, 0.5) is 0 Å². The number of hydrogen-bond donors (Lipinski definition) is 1. The fourth-order valence-electron chi connectivity index (χ4n) is 3.45. The number of nitrogens with zero attached hydrogens (tertiary/aromatic N) is 2. The fraction of sp³-hybridized carbons (Fsp3) is 0.200. The van der Waals surface area contributed by atoms with Crippen molar-refractivity contribution in [3.05, 3.63) is 98.9 Å². The number of carbonyl (C=O) groups is 2. The van der Waals surface area contributed by atoms with Crippen LogP contribution >= 0.6 is 11.3 Å². The molecule has 2 aromatic heterocycles. The first kappa shape index (κ1) is 22.4. The fourth-order valence-corrected chi connectivity index (χ4v) is 4.48. The van der Waals surface area contributed by atoms with Gasteiger partial charge in [-0.2, -0.15) is 0 Å². The Morgan fingerprint density at radius 2 is 1.70 bits per heavy atom. The molecule has 0 bridgehead atoms. The van der Waals surface area contributed by atoms with Gasteiger partial charge in [0, 0.05) is 13.0 Å². The first-order valence-corrected chi connectivity index (χ1v) is 11.3. The number of fused-ring (bicyclic) bond motifs is 1. The molecule has 0 aliphatic heterocycles. The van der Waals surface area contributed by atoms with Crippen molar-refractivity contribution in [2.24, 2.45) is 0 Å². The number of aromatic nitrogens is 2. The van der Waals surface area contributed by atoms with Crippen LogP contribution in [0.15, 0.2) is 71.8 Å². The molecule has 0 fully saturated rings. The maximum atomic E-state index is 13.0. The number of ether oxygens (including phenoxy) is 1. The average Bonchev–Trinajstić information content (AvgIpc) is 3.18. The van der Waals surface area contributed by atoms with Crippen LogP contribution in [0, 0.1) is 6.92 Å². The van der Waals surface area contributed by atoms with Crippen LogP contribution in [0.2, 0.25) is 0 Å². The Morgan fingerprint density at radius 1 is 1.03 bits per heavy atom. The van der Waals surface area contributed by atoms with Crippen LogP contribution in [0.3, 0.4) is 0 Å². The molecule has 7 nitrogen and oxygen atoms in total. The molecule has 2 aromatic carbocycles. The molecule has 0 spiro atoms. The van der Waals surface area contributed by atoms with Crippen LogP contribution < -0.4 is 10.9 Å². The highest BCUT2D eigenvalue weighted by Gasteiger charge is 2.21. The number of hydrogen-bond acceptors (Lipinski definition) is 6. The van der Waals surface area contributed by atoms with E-state index in [0.29, 0.717) is 33.6 Å². The third-order valence-electron chi connectivity index (χ3n) is 5.22. The van der Waals surface area contributed by atoms with Gasteiger partial charge >= 0.3 is 5.97 Å². The quantitative estimate of drug-likeness (QED) is 0.406. The van der Waals surface area contributed by atoms with Gasteiger partial charge in [0.1, 0.15) is 16.3 Å². The Balaban J connectivity index is 1.44. The molecular formula is C25H23N3O4S. The van der Waals surface area contributed by atoms with Crippen molar-refractivity contribution in [3.8, 4) is 0 Å². The lowest BCUT2D eigenvalue weighted by Gasteiger charge is -2.07. The largest absolute Gasteiger partial charge is 0.461 e. The maximum absolute atomic E-state index is 13.0. The summed E-state index contributed by atoms with van der Waals surface area (Å²) in [6.45, 7) is 2.17. The molecule has 0 saturated carbocycles. The molecule has 4 aromatic rings. The summed E-state index contributed by atoms with van der Waals surface area (Å²) in [5, 5.41) is 3.14. The molecule has 8 heteroatoms. The minimum atomic E-state index is -0.474. The highest BCUT2D eigenvalue weighted by atomic mass is 32.1. The normalized spacial score (nSPS) is 10.8. The molecule has 2 heterocycles. The smallest absolute Gasteiger partial charge is 0.348 e. The number of thiophene rings is 1. The molecule has 4 rings (SSSR count). The second-order valence-electron chi connectivity index (χ2n) is 7.55. The number of carbonyl (C=O) groups excluding carboxylic acids is 2. The Bertz CT molecular complexity index is 1330. The van der Waals surface area contributed by atoms with Crippen LogP contribution in [-0.4, -0.2) is 28.0 Å². The van der Waals surface area contributed by atoms with Crippen molar-refractivity contribution in [2.45, 2.75) is 26.4 Å². The summed E-state index contributed by atoms with van der Waals surface area (Å²) in [5.74, 6) is -0.770. The molecule has 33 heavy (non-hydrogen) atoms. The molecule has 0 atom stereocenters. The SMILES string of the molecule is Cc1c(C(=O)OCCc2ccccc2)sc2ncn(CC(=O)NCc3ccccc3)c(=O)c12. The van der Waals surface area contributed by atoms with Crippen LogP contribution in [0.5, 0.6) is 0 Å². The van der Waals surface area contributed by atoms with E-state index < -0.39 is 5.97 Å². The highest BCUT2D eigenvalue weighted by molar-refractivity contribution is 7.20. The van der Waals surface area contributed by atoms with E-state index in [0.717, 1.165) is 22.5 Å². The van der Waals surface area contributed by atoms with E-state index in [-0.39, 0.29) is 24.6 Å². The molecule has 1 N–H and O–H groups in total. The molecule has 0 saturated heterocycles. The summed E-state index contributed by atoms with van der Waals surface area (Å²) in [7, 11) is 0. The van der Waals surface area contributed by atoms with Gasteiger partial charge in [-0.25, -0.2) is 9.78 Å². The van der Waals surface area contributed by atoms with Gasteiger partial charge in [0.2, 0.25) is 5.91 Å². The van der Waals surface area contributed by atoms with Crippen molar-refractivity contribution in [3.63, 3.8) is 0 Å². The number of nitrogens with one attached hydrogen (secondary N) is 1. The van der Waals surface area contributed by atoms with E-state index >= 15 is 0 Å². The molecule has 0 unspecified atom stereocenters. The summed E-state index contributed by atoms with van der Waals surface area (Å²) in [6, 6.07) is 19.3. The Kier molecular flexibility index (Phi) is 6.95. The number of esters is 1. The summed E-state index contributed by atoms with van der Waals surface area (Å²) in [6.07, 6.45) is 1.95. The van der Waals surface area contributed by atoms with Crippen molar-refractivity contribution in [1.29, 1.82) is 0 Å². The van der Waals surface area contributed by atoms with Crippen LogP contribution in [0.25, 0.3) is 10.2 Å². The van der Waals surface area contributed by atoms with Crippen LogP contribution in [0.1, 0.15) is 26.4 Å². The van der Waals surface area contributed by atoms with Gasteiger partial charge in [-0.1, -0.05) is 60.7 Å². The summed E-state index contributed by atoms with van der Waals surface area (Å²) < 4.78 is 6.68. The number of amides is 1. The molecule has 0 aliphatic carbocycles. The molecular weight excluding hydrogens is 438 g/mol. The Morgan fingerprint density at radius 3 is 2.39 bits per heavy atom. The van der Waals surface area contributed by atoms with E-state index in [4.69, 9.17) is 4.74 Å². The topological polar surface area (TPSA) is 90.3 Å². The van der Waals surface area contributed by atoms with Crippen LogP contribution in [-0.2, 0) is 29.0 Å². The standard InChI is InChI=1S/C25H23N3O4S/c1-17-21-23(33-22(17)25(31)32-13-12-18-8-4-2-5-9-18)27-16-28(24(21)30)15-20(29)26-14-19-10-6-3-7-11-19/h2-11,16H,12-15H2,1H3,(H,26,29). The second kappa shape index (κ2) is 10.2. The zero-order valence-corrected chi connectivity index (χ0v) is 18.9. The lowest BCUT2D eigenvalue weighted by Crippen LogP contribution is -2.32. The number of benzene rings is 2. The lowest BCUT2D eigenvalue weighted by molar-refractivity contribution is -0.121. The van der Waals surface area contributed by atoms with E-state index in [1.165, 1.54) is 10.9 Å². The molecule has 0 radical (unpaired) electrons. The predicted molar refractivity (Wildman–Crippen MR) is 127 cm³/mol. The lowest BCUT2D eigenvalue weighted by atomic mass is 10.2. The first-order valence-electron chi connectivity index (χ1n) is 10.5. The number of aryl methyl sites for hydroxylation is 1. The third-order valence-corrected chi connectivity index (χ3v) is 6.40. The second-order valence-corrected chi connectivity index (χ2v) is 8.55. The molecule has 168 valence electrons. The Hall–Kier alpha value is -3.78. The van der Waals surface area contributed by atoms with E-state index in [2.05, 4.69) is 10.3 Å². The van der Waals surface area contributed by atoms with Gasteiger partial charge in [-0.15, -0.1) is 11.3 Å². The van der Waals surface area contributed by atoms with E-state index in [1.54, 1.807) is 6.92 Å². The zero-order chi connectivity index (χ0) is 23.2. The van der Waals surface area contributed by atoms with Crippen molar-refractivity contribution >= 4 is 33.4 Å². The minimum absolute atomic E-state index is 0.152. The monoisotopic (exact) mass is 461 g/mol. The summed E-state index contributed by atoms with van der Waals surface area (Å²) in [4.78, 5) is 43.0.